The molecule has 0 aliphatic carbocycles. The van der Waals surface area contributed by atoms with Gasteiger partial charge in [0.05, 0.1) is 17.3 Å². The molecule has 0 fully saturated rings. The number of halogens is 1. The Labute approximate surface area is 239 Å². The van der Waals surface area contributed by atoms with Crippen LogP contribution >= 0.6 is 11.6 Å². The van der Waals surface area contributed by atoms with Gasteiger partial charge in [-0.2, -0.15) is 0 Å². The van der Waals surface area contributed by atoms with Crippen molar-refractivity contribution in [2.24, 2.45) is 4.99 Å². The number of carbonyl (C=O) groups is 1. The zero-order chi connectivity index (χ0) is 28.4. The maximum atomic E-state index is 13.5. The number of nitrogens with one attached hydrogen (secondary N) is 2. The summed E-state index contributed by atoms with van der Waals surface area (Å²) in [4.78, 5) is 18.3. The van der Waals surface area contributed by atoms with E-state index < -0.39 is 21.3 Å². The summed E-state index contributed by atoms with van der Waals surface area (Å²) in [6.07, 6.45) is 1.02. The molecule has 3 N–H and O–H groups in total. The van der Waals surface area contributed by atoms with Crippen LogP contribution in [0.5, 0.6) is 5.75 Å². The van der Waals surface area contributed by atoms with Crippen LogP contribution in [0.25, 0.3) is 0 Å². The number of sulfone groups is 1. The normalized spacial score (nSPS) is 16.7. The molecule has 0 aromatic heterocycles. The van der Waals surface area contributed by atoms with Crippen LogP contribution in [0.3, 0.4) is 0 Å². The van der Waals surface area contributed by atoms with Crippen molar-refractivity contribution >= 4 is 33.2 Å². The standard InChI is InChI=1S/C29H32ClN3O6S/c30-26-10-5-4-7-22(26)15-17-31-33-28(35)29(16-20-40(36,37)25-8-2-1-3-9-25)21-39-27(32-29)23-11-13-24(14-12-23)38-19-6-18-34/h1-5,7-14,31,34H,6,15-21H2,(H,33,35)/t29-/m0/s1. The molecule has 1 aliphatic rings. The summed E-state index contributed by atoms with van der Waals surface area (Å²) in [5.74, 6) is 0.0811. The van der Waals surface area contributed by atoms with Gasteiger partial charge in [0.25, 0.3) is 5.91 Å². The van der Waals surface area contributed by atoms with Crippen molar-refractivity contribution in [3.63, 3.8) is 0 Å². The summed E-state index contributed by atoms with van der Waals surface area (Å²) >= 11 is 6.22. The lowest BCUT2D eigenvalue weighted by Gasteiger charge is -2.23. The molecule has 0 bridgehead atoms. The lowest BCUT2D eigenvalue weighted by molar-refractivity contribution is -0.127. The fraction of sp³-hybridized carbons (Fsp3) is 0.310. The fourth-order valence-electron chi connectivity index (χ4n) is 4.11. The summed E-state index contributed by atoms with van der Waals surface area (Å²) in [7, 11) is -3.66. The number of aliphatic hydroxyl groups is 1. The Bertz CT molecular complexity index is 1420. The van der Waals surface area contributed by atoms with Crippen LogP contribution in [0.15, 0.2) is 88.8 Å². The molecule has 212 valence electrons. The second-order valence-corrected chi connectivity index (χ2v) is 11.8. The molecule has 0 radical (unpaired) electrons. The number of amides is 1. The minimum absolute atomic E-state index is 0.0434. The Morgan fingerprint density at radius 2 is 1.77 bits per heavy atom. The topological polar surface area (TPSA) is 126 Å². The predicted octanol–water partition coefficient (Wildman–Crippen LogP) is 3.34. The first kappa shape index (κ1) is 29.5. The first-order valence-electron chi connectivity index (χ1n) is 12.9. The van der Waals surface area contributed by atoms with Crippen LogP contribution in [0.4, 0.5) is 0 Å². The quantitative estimate of drug-likeness (QED) is 0.196. The molecular formula is C29H32ClN3O6S. The molecule has 9 nitrogen and oxygen atoms in total. The molecule has 4 rings (SSSR count). The minimum atomic E-state index is -3.66. The van der Waals surface area contributed by atoms with Gasteiger partial charge in [-0.3, -0.25) is 10.2 Å². The Kier molecular flexibility index (Phi) is 10.2. The van der Waals surface area contributed by atoms with Crippen molar-refractivity contribution in [3.05, 3.63) is 95.0 Å². The van der Waals surface area contributed by atoms with Gasteiger partial charge in [0, 0.05) is 30.2 Å². The van der Waals surface area contributed by atoms with Crippen LogP contribution in [0.2, 0.25) is 5.02 Å². The highest BCUT2D eigenvalue weighted by Crippen LogP contribution is 2.28. The van der Waals surface area contributed by atoms with Gasteiger partial charge in [0.15, 0.2) is 15.4 Å². The molecule has 1 aliphatic heterocycles. The third-order valence-corrected chi connectivity index (χ3v) is 8.52. The van der Waals surface area contributed by atoms with E-state index in [1.54, 1.807) is 48.5 Å². The van der Waals surface area contributed by atoms with E-state index in [0.29, 0.717) is 42.3 Å². The monoisotopic (exact) mass is 585 g/mol. The SMILES string of the molecule is O=C(NNCCc1ccccc1Cl)[C@]1(CCS(=O)(=O)c2ccccc2)COC(c2ccc(OCCCO)cc2)=N1. The number of carbonyl (C=O) groups excluding carboxylic acids is 1. The molecule has 0 unspecified atom stereocenters. The largest absolute Gasteiger partial charge is 0.494 e. The number of aliphatic hydroxyl groups excluding tert-OH is 1. The number of nitrogens with zero attached hydrogens (tertiary/aromatic N) is 1. The third kappa shape index (κ3) is 7.60. The molecule has 0 spiro atoms. The van der Waals surface area contributed by atoms with Crippen LogP contribution in [-0.2, 0) is 25.8 Å². The van der Waals surface area contributed by atoms with Gasteiger partial charge in [-0.15, -0.1) is 0 Å². The van der Waals surface area contributed by atoms with Gasteiger partial charge in [0.2, 0.25) is 5.90 Å². The molecule has 1 heterocycles. The highest BCUT2D eigenvalue weighted by atomic mass is 35.5. The highest BCUT2D eigenvalue weighted by Gasteiger charge is 2.45. The number of benzene rings is 3. The second kappa shape index (κ2) is 13.8. The van der Waals surface area contributed by atoms with E-state index in [1.165, 1.54) is 12.1 Å². The first-order chi connectivity index (χ1) is 19.3. The van der Waals surface area contributed by atoms with Crippen LogP contribution in [-0.4, -0.2) is 63.0 Å². The zero-order valence-corrected chi connectivity index (χ0v) is 23.5. The molecule has 1 atom stereocenters. The van der Waals surface area contributed by atoms with Crippen LogP contribution in [0, 0.1) is 0 Å². The number of hydrazine groups is 1. The smallest absolute Gasteiger partial charge is 0.265 e. The van der Waals surface area contributed by atoms with Crippen molar-refractivity contribution in [2.45, 2.75) is 29.7 Å². The van der Waals surface area contributed by atoms with E-state index in [1.807, 2.05) is 18.2 Å². The van der Waals surface area contributed by atoms with E-state index in [-0.39, 0.29) is 36.2 Å². The average molecular weight is 586 g/mol. The summed E-state index contributed by atoms with van der Waals surface area (Å²) in [6, 6.07) is 22.6. The second-order valence-electron chi connectivity index (χ2n) is 9.29. The Balaban J connectivity index is 1.48. The average Bonchev–Trinajstić information content (AvgIpc) is 3.42. The number of ether oxygens (including phenoxy) is 2. The van der Waals surface area contributed by atoms with Gasteiger partial charge in [-0.1, -0.05) is 48.0 Å². The van der Waals surface area contributed by atoms with Gasteiger partial charge in [-0.25, -0.2) is 18.8 Å². The molecule has 0 saturated heterocycles. The van der Waals surface area contributed by atoms with Crippen LogP contribution in [0.1, 0.15) is 24.0 Å². The van der Waals surface area contributed by atoms with Gasteiger partial charge < -0.3 is 14.6 Å². The van der Waals surface area contributed by atoms with E-state index >= 15 is 0 Å². The first-order valence-corrected chi connectivity index (χ1v) is 15.0. The third-order valence-electron chi connectivity index (χ3n) is 6.42. The maximum Gasteiger partial charge on any atom is 0.265 e. The summed E-state index contributed by atoms with van der Waals surface area (Å²) in [5.41, 5.74) is 5.70. The van der Waals surface area contributed by atoms with Crippen molar-refractivity contribution in [1.29, 1.82) is 0 Å². The lowest BCUT2D eigenvalue weighted by Crippen LogP contribution is -2.52. The Morgan fingerprint density at radius 1 is 1.05 bits per heavy atom. The minimum Gasteiger partial charge on any atom is -0.494 e. The van der Waals surface area contributed by atoms with Crippen molar-refractivity contribution in [3.8, 4) is 5.75 Å². The number of hydrogen-bond acceptors (Lipinski definition) is 8. The molecule has 3 aromatic carbocycles. The molecule has 1 amide bonds. The van der Waals surface area contributed by atoms with Crippen molar-refractivity contribution < 1.29 is 27.8 Å². The lowest BCUT2D eigenvalue weighted by atomic mass is 9.98. The summed E-state index contributed by atoms with van der Waals surface area (Å²) < 4.78 is 37.5. The molecule has 0 saturated carbocycles. The van der Waals surface area contributed by atoms with E-state index in [2.05, 4.69) is 15.8 Å². The van der Waals surface area contributed by atoms with Gasteiger partial charge in [0.1, 0.15) is 12.4 Å². The summed E-state index contributed by atoms with van der Waals surface area (Å²) in [6.45, 7) is 0.722. The predicted molar refractivity (Wildman–Crippen MR) is 153 cm³/mol. The van der Waals surface area contributed by atoms with Gasteiger partial charge in [-0.05, 0) is 60.9 Å². The van der Waals surface area contributed by atoms with Crippen molar-refractivity contribution in [1.82, 2.24) is 10.9 Å². The van der Waals surface area contributed by atoms with Crippen molar-refractivity contribution in [2.75, 3.05) is 32.1 Å². The van der Waals surface area contributed by atoms with E-state index in [0.717, 1.165) is 5.56 Å². The number of rotatable bonds is 14. The fourth-order valence-corrected chi connectivity index (χ4v) is 5.75. The zero-order valence-electron chi connectivity index (χ0n) is 21.9. The molecule has 40 heavy (non-hydrogen) atoms. The molecule has 3 aromatic rings. The summed E-state index contributed by atoms with van der Waals surface area (Å²) in [5, 5.41) is 9.56. The van der Waals surface area contributed by atoms with Crippen LogP contribution < -0.4 is 15.6 Å². The Hall–Kier alpha value is -3.44. The van der Waals surface area contributed by atoms with E-state index in [9.17, 15) is 13.2 Å². The molecule has 11 heteroatoms. The highest BCUT2D eigenvalue weighted by molar-refractivity contribution is 7.91. The Morgan fingerprint density at radius 3 is 2.50 bits per heavy atom. The number of aliphatic imine (C=N–C) groups is 1. The van der Waals surface area contributed by atoms with Gasteiger partial charge >= 0.3 is 0 Å². The maximum absolute atomic E-state index is 13.5. The number of hydrogen-bond donors (Lipinski definition) is 3. The van der Waals surface area contributed by atoms with E-state index in [4.69, 9.17) is 26.2 Å². The molecular weight excluding hydrogens is 554 g/mol.